The second kappa shape index (κ2) is 8.70. The number of morpholine rings is 1. The highest BCUT2D eigenvalue weighted by atomic mass is 16.5. The fourth-order valence-electron chi connectivity index (χ4n) is 4.07. The van der Waals surface area contributed by atoms with Gasteiger partial charge in [0, 0.05) is 32.7 Å². The minimum Gasteiger partial charge on any atom is -0.379 e. The Morgan fingerprint density at radius 3 is 2.83 bits per heavy atom. The fraction of sp³-hybridized carbons (Fsp3) is 0.500. The quantitative estimate of drug-likeness (QED) is 0.366. The number of aromatic amines is 2. The minimum atomic E-state index is -0.899. The van der Waals surface area contributed by atoms with Crippen LogP contribution in [0.3, 0.4) is 0 Å². The highest BCUT2D eigenvalue weighted by Crippen LogP contribution is 2.26. The van der Waals surface area contributed by atoms with Gasteiger partial charge in [-0.05, 0) is 30.5 Å². The Morgan fingerprint density at radius 1 is 1.17 bits per heavy atom. The Hall–Kier alpha value is -2.50. The van der Waals surface area contributed by atoms with Crippen LogP contribution in [0.5, 0.6) is 0 Å². The van der Waals surface area contributed by atoms with Crippen LogP contribution in [0, 0.1) is 0 Å². The second-order valence-electron chi connectivity index (χ2n) is 7.85. The first kappa shape index (κ1) is 19.5. The summed E-state index contributed by atoms with van der Waals surface area (Å²) in [4.78, 5) is 10.5. The van der Waals surface area contributed by atoms with Crippen LogP contribution in [0.25, 0.3) is 22.6 Å². The Morgan fingerprint density at radius 2 is 2.00 bits per heavy atom. The molecule has 0 bridgehead atoms. The molecular formula is C20H28N8O2. The molecule has 0 radical (unpaired) electrons. The van der Waals surface area contributed by atoms with Crippen molar-refractivity contribution in [2.45, 2.75) is 25.7 Å². The molecule has 10 nitrogen and oxygen atoms in total. The van der Waals surface area contributed by atoms with E-state index in [9.17, 15) is 5.11 Å². The Balaban J connectivity index is 1.30. The Bertz CT molecular complexity index is 974. The average molecular weight is 412 g/mol. The van der Waals surface area contributed by atoms with Gasteiger partial charge in [0.2, 0.25) is 0 Å². The van der Waals surface area contributed by atoms with Crippen molar-refractivity contribution in [3.05, 3.63) is 30.0 Å². The molecule has 160 valence electrons. The number of nitrogens with zero attached hydrogens (tertiary/aromatic N) is 4. The summed E-state index contributed by atoms with van der Waals surface area (Å²) in [5.41, 5.74) is 7.57. The number of aliphatic hydroxyl groups excluding tert-OH is 1. The monoisotopic (exact) mass is 412 g/mol. The molecule has 2 aliphatic rings. The van der Waals surface area contributed by atoms with E-state index >= 15 is 0 Å². The van der Waals surface area contributed by atoms with E-state index in [0.29, 0.717) is 17.2 Å². The zero-order chi connectivity index (χ0) is 20.3. The van der Waals surface area contributed by atoms with Crippen molar-refractivity contribution in [2.75, 3.05) is 44.7 Å². The van der Waals surface area contributed by atoms with Gasteiger partial charge in [-0.3, -0.25) is 10.00 Å². The Labute approximate surface area is 174 Å². The van der Waals surface area contributed by atoms with E-state index in [-0.39, 0.29) is 0 Å². The maximum Gasteiger partial charge on any atom is 0.194 e. The van der Waals surface area contributed by atoms with Gasteiger partial charge in [-0.15, -0.1) is 0 Å². The summed E-state index contributed by atoms with van der Waals surface area (Å²) < 4.78 is 5.43. The van der Waals surface area contributed by atoms with E-state index in [0.717, 1.165) is 69.8 Å². The summed E-state index contributed by atoms with van der Waals surface area (Å²) in [6, 6.07) is 6.31. The number of ether oxygens (including phenoxy) is 1. The maximum atomic E-state index is 10.3. The number of H-pyrrole nitrogens is 2. The molecule has 1 unspecified atom stereocenters. The van der Waals surface area contributed by atoms with E-state index in [4.69, 9.17) is 9.72 Å². The number of imidazole rings is 1. The lowest BCUT2D eigenvalue weighted by Gasteiger charge is -2.26. The van der Waals surface area contributed by atoms with Crippen LogP contribution in [-0.4, -0.2) is 80.9 Å². The van der Waals surface area contributed by atoms with E-state index < -0.39 is 6.35 Å². The van der Waals surface area contributed by atoms with Gasteiger partial charge in [-0.1, -0.05) is 6.07 Å². The zero-order valence-electron chi connectivity index (χ0n) is 16.9. The number of anilines is 1. The number of nitrogens with one attached hydrogen (secondary N) is 4. The summed E-state index contributed by atoms with van der Waals surface area (Å²) in [6.45, 7) is 6.29. The third-order valence-electron chi connectivity index (χ3n) is 5.64. The summed E-state index contributed by atoms with van der Waals surface area (Å²) in [5, 5.41) is 22.5. The second-order valence-corrected chi connectivity index (χ2v) is 7.85. The Kier molecular flexibility index (Phi) is 5.65. The lowest BCUT2D eigenvalue weighted by Crippen LogP contribution is -2.46. The van der Waals surface area contributed by atoms with Crippen LogP contribution in [0.15, 0.2) is 24.4 Å². The molecule has 0 amide bonds. The SMILES string of the molecule is OC(Nc1cn[nH]c1-c1nc2ccc(CN3CCOCC3)cc2[nH]1)NN1CCCC1. The van der Waals surface area contributed by atoms with Crippen molar-refractivity contribution in [2.24, 2.45) is 0 Å². The summed E-state index contributed by atoms with van der Waals surface area (Å²) in [7, 11) is 0. The molecule has 1 atom stereocenters. The first-order chi connectivity index (χ1) is 14.7. The highest BCUT2D eigenvalue weighted by molar-refractivity contribution is 5.82. The number of aliphatic hydroxyl groups is 1. The molecule has 2 aromatic heterocycles. The highest BCUT2D eigenvalue weighted by Gasteiger charge is 2.18. The van der Waals surface area contributed by atoms with Crippen LogP contribution >= 0.6 is 0 Å². The molecule has 5 N–H and O–H groups in total. The van der Waals surface area contributed by atoms with Gasteiger partial charge < -0.3 is 20.1 Å². The molecule has 30 heavy (non-hydrogen) atoms. The largest absolute Gasteiger partial charge is 0.379 e. The number of hydrogen-bond acceptors (Lipinski definition) is 8. The standard InChI is InChI=1S/C20H28N8O2/c29-20(26-28-5-1-2-6-28)24-17-12-21-25-18(17)19-22-15-4-3-14(11-16(15)23-19)13-27-7-9-30-10-8-27/h3-4,11-12,20,24,26,29H,1-2,5-10,13H2,(H,21,25)(H,22,23). The molecule has 3 aromatic rings. The third kappa shape index (κ3) is 4.32. The van der Waals surface area contributed by atoms with Crippen molar-refractivity contribution in [3.8, 4) is 11.5 Å². The lowest BCUT2D eigenvalue weighted by atomic mass is 10.2. The molecule has 5 rings (SSSR count). The molecule has 2 aliphatic heterocycles. The molecule has 4 heterocycles. The average Bonchev–Trinajstić information content (AvgIpc) is 3.49. The number of hydrazine groups is 1. The van der Waals surface area contributed by atoms with E-state index in [1.165, 1.54) is 5.56 Å². The van der Waals surface area contributed by atoms with E-state index in [2.05, 4.69) is 43.0 Å². The van der Waals surface area contributed by atoms with Gasteiger partial charge in [-0.2, -0.15) is 5.10 Å². The van der Waals surface area contributed by atoms with E-state index in [1.54, 1.807) is 6.20 Å². The van der Waals surface area contributed by atoms with Gasteiger partial charge >= 0.3 is 0 Å². The molecule has 1 aromatic carbocycles. The summed E-state index contributed by atoms with van der Waals surface area (Å²) >= 11 is 0. The number of fused-ring (bicyclic) bond motifs is 1. The van der Waals surface area contributed by atoms with E-state index in [1.807, 2.05) is 11.1 Å². The first-order valence-corrected chi connectivity index (χ1v) is 10.5. The van der Waals surface area contributed by atoms with Gasteiger partial charge in [0.05, 0.1) is 36.1 Å². The lowest BCUT2D eigenvalue weighted by molar-refractivity contribution is 0.0342. The zero-order valence-corrected chi connectivity index (χ0v) is 16.9. The molecule has 2 saturated heterocycles. The van der Waals surface area contributed by atoms with Crippen molar-refractivity contribution >= 4 is 16.7 Å². The van der Waals surface area contributed by atoms with Crippen molar-refractivity contribution in [1.29, 1.82) is 0 Å². The van der Waals surface area contributed by atoms with Gasteiger partial charge in [-0.25, -0.2) is 15.4 Å². The normalized spacial score (nSPS) is 19.5. The predicted octanol–water partition coefficient (Wildman–Crippen LogP) is 1.07. The smallest absolute Gasteiger partial charge is 0.194 e. The van der Waals surface area contributed by atoms with Crippen LogP contribution in [0.4, 0.5) is 5.69 Å². The van der Waals surface area contributed by atoms with Crippen LogP contribution in [-0.2, 0) is 11.3 Å². The van der Waals surface area contributed by atoms with Crippen molar-refractivity contribution in [1.82, 2.24) is 35.5 Å². The van der Waals surface area contributed by atoms with Crippen LogP contribution in [0.1, 0.15) is 18.4 Å². The molecule has 0 aliphatic carbocycles. The van der Waals surface area contributed by atoms with Crippen LogP contribution in [0.2, 0.25) is 0 Å². The van der Waals surface area contributed by atoms with Gasteiger partial charge in [0.25, 0.3) is 0 Å². The first-order valence-electron chi connectivity index (χ1n) is 10.5. The van der Waals surface area contributed by atoms with Gasteiger partial charge in [0.1, 0.15) is 5.69 Å². The topological polar surface area (TPSA) is 117 Å². The molecule has 0 spiro atoms. The van der Waals surface area contributed by atoms with Crippen LogP contribution < -0.4 is 10.7 Å². The minimum absolute atomic E-state index is 0.682. The third-order valence-corrected chi connectivity index (χ3v) is 5.64. The van der Waals surface area contributed by atoms with Crippen molar-refractivity contribution < 1.29 is 9.84 Å². The fourth-order valence-corrected chi connectivity index (χ4v) is 4.07. The molecule has 10 heteroatoms. The number of rotatable bonds is 7. The molecule has 2 fully saturated rings. The molecular weight excluding hydrogens is 384 g/mol. The number of benzene rings is 1. The maximum absolute atomic E-state index is 10.3. The summed E-state index contributed by atoms with van der Waals surface area (Å²) in [5.74, 6) is 0.682. The van der Waals surface area contributed by atoms with Gasteiger partial charge in [0.15, 0.2) is 12.2 Å². The number of aromatic nitrogens is 4. The molecule has 0 saturated carbocycles. The summed E-state index contributed by atoms with van der Waals surface area (Å²) in [6.07, 6.45) is 3.04. The number of hydrogen-bond donors (Lipinski definition) is 5. The van der Waals surface area contributed by atoms with Crippen molar-refractivity contribution in [3.63, 3.8) is 0 Å². The predicted molar refractivity (Wildman–Crippen MR) is 113 cm³/mol.